The number of amides is 8. The normalized spacial score (nSPS) is 13.0. The number of phenols is 1. The number of hydrogen-bond donors (Lipinski definition) is 11. The number of nitrogens with one attached hydrogen (secondary N) is 9. The van der Waals surface area contributed by atoms with Crippen LogP contribution >= 0.6 is 0 Å². The van der Waals surface area contributed by atoms with Gasteiger partial charge in [-0.25, -0.2) is 14.4 Å². The van der Waals surface area contributed by atoms with Crippen molar-refractivity contribution >= 4 is 53.5 Å². The van der Waals surface area contributed by atoms with Crippen molar-refractivity contribution in [2.45, 2.75) is 108 Å². The highest BCUT2D eigenvalue weighted by atomic mass is 16.6. The first-order valence-corrected chi connectivity index (χ1v) is 31.8. The van der Waals surface area contributed by atoms with E-state index in [0.717, 1.165) is 50.2 Å². The van der Waals surface area contributed by atoms with Gasteiger partial charge in [0.05, 0.1) is 5.92 Å². The van der Waals surface area contributed by atoms with Gasteiger partial charge in [-0.3, -0.25) is 19.2 Å². The molecule has 0 saturated carbocycles. The quantitative estimate of drug-likeness (QED) is 0.0114. The Morgan fingerprint density at radius 3 is 1.67 bits per heavy atom. The number of ether oxygens (including phenoxy) is 2. The Bertz CT molecular complexity index is 3630. The molecule has 7 aromatic rings. The first kappa shape index (κ1) is 69.2. The van der Waals surface area contributed by atoms with Gasteiger partial charge in [0.25, 0.3) is 0 Å². The predicted octanol–water partition coefficient (Wildman–Crippen LogP) is 9.26. The van der Waals surface area contributed by atoms with Gasteiger partial charge in [-0.2, -0.15) is 4.99 Å². The third kappa shape index (κ3) is 21.2. The summed E-state index contributed by atoms with van der Waals surface area (Å²) in [7, 11) is 0. The van der Waals surface area contributed by atoms with Crippen molar-refractivity contribution in [2.75, 3.05) is 44.6 Å². The third-order valence-corrected chi connectivity index (χ3v) is 15.6. The molecule has 0 saturated heterocycles. The van der Waals surface area contributed by atoms with E-state index in [1.54, 1.807) is 39.8 Å². The molecular formula is C73H85N11O10. The summed E-state index contributed by atoms with van der Waals surface area (Å²) in [6.07, 6.45) is 0.141. The molecule has 1 aliphatic rings. The number of alkyl carbamates (subject to hydrolysis) is 2. The van der Waals surface area contributed by atoms with Crippen LogP contribution in [0.5, 0.6) is 5.75 Å². The first-order valence-electron chi connectivity index (χ1n) is 31.8. The molecule has 8 rings (SSSR count). The lowest BCUT2D eigenvalue weighted by molar-refractivity contribution is -0.129. The number of carbonyl (C=O) groups excluding carboxylic acids is 7. The van der Waals surface area contributed by atoms with Gasteiger partial charge in [0.15, 0.2) is 5.96 Å². The molecule has 4 atom stereocenters. The van der Waals surface area contributed by atoms with Crippen molar-refractivity contribution in [3.63, 3.8) is 0 Å². The maximum atomic E-state index is 14.5. The summed E-state index contributed by atoms with van der Waals surface area (Å²) in [6, 6.07) is 53.2. The molecule has 1 aliphatic carbocycles. The van der Waals surface area contributed by atoms with Gasteiger partial charge in [0, 0.05) is 57.3 Å². The monoisotopic (exact) mass is 1280 g/mol. The average Bonchev–Trinajstić information content (AvgIpc) is 1.61. The largest absolute Gasteiger partial charge is 0.508 e. The predicted molar refractivity (Wildman–Crippen MR) is 364 cm³/mol. The Morgan fingerprint density at radius 1 is 0.521 bits per heavy atom. The van der Waals surface area contributed by atoms with Crippen molar-refractivity contribution in [3.05, 3.63) is 215 Å². The van der Waals surface area contributed by atoms with E-state index < -0.39 is 71.5 Å². The van der Waals surface area contributed by atoms with Crippen molar-refractivity contribution < 1.29 is 48.1 Å². The lowest BCUT2D eigenvalue weighted by Crippen LogP contribution is -2.50. The van der Waals surface area contributed by atoms with Crippen LogP contribution in [0, 0.1) is 0 Å². The van der Waals surface area contributed by atoms with E-state index in [9.17, 15) is 38.7 Å². The van der Waals surface area contributed by atoms with Crippen LogP contribution in [0.2, 0.25) is 0 Å². The highest BCUT2D eigenvalue weighted by Crippen LogP contribution is 2.44. The van der Waals surface area contributed by atoms with Gasteiger partial charge in [-0.05, 0) is 140 Å². The van der Waals surface area contributed by atoms with Crippen molar-refractivity contribution in [3.8, 4) is 28.0 Å². The Hall–Kier alpha value is -10.7. The summed E-state index contributed by atoms with van der Waals surface area (Å²) in [5, 5.41) is 35.9. The second-order valence-electron chi connectivity index (χ2n) is 23.8. The Labute approximate surface area is 548 Å². The van der Waals surface area contributed by atoms with Gasteiger partial charge in [0.2, 0.25) is 23.6 Å². The molecule has 1 unspecified atom stereocenters. The number of nitrogens with zero attached hydrogens (tertiary/aromatic N) is 1. The summed E-state index contributed by atoms with van der Waals surface area (Å²) < 4.78 is 11.4. The molecule has 12 N–H and O–H groups in total. The fraction of sp³-hybridized carbons (Fsp3) is 0.315. The molecule has 0 fully saturated rings. The summed E-state index contributed by atoms with van der Waals surface area (Å²) in [4.78, 5) is 98.6. The number of guanidine groups is 1. The number of phenolic OH excluding ortho intramolecular Hbond substituents is 1. The molecule has 21 nitrogen and oxygen atoms in total. The zero-order valence-corrected chi connectivity index (χ0v) is 53.5. The van der Waals surface area contributed by atoms with Crippen molar-refractivity contribution in [1.29, 1.82) is 0 Å². The molecule has 0 radical (unpaired) electrons. The summed E-state index contributed by atoms with van der Waals surface area (Å²) in [5.41, 5.74) is 15.1. The molecule has 492 valence electrons. The number of urea groups is 1. The number of aromatic hydroxyl groups is 1. The zero-order valence-electron chi connectivity index (χ0n) is 53.5. The molecular weight excluding hydrogens is 1190 g/mol. The Kier molecular flexibility index (Phi) is 25.5. The number of carbonyl (C=O) groups is 7. The summed E-state index contributed by atoms with van der Waals surface area (Å²) >= 11 is 0. The van der Waals surface area contributed by atoms with E-state index >= 15 is 0 Å². The van der Waals surface area contributed by atoms with E-state index in [0.29, 0.717) is 37.1 Å². The topological polar surface area (TPSA) is 305 Å². The van der Waals surface area contributed by atoms with Gasteiger partial charge >= 0.3 is 18.2 Å². The summed E-state index contributed by atoms with van der Waals surface area (Å²) in [6.45, 7) is 8.59. The van der Waals surface area contributed by atoms with Gasteiger partial charge in [0.1, 0.15) is 36.1 Å². The smallest absolute Gasteiger partial charge is 0.408 e. The van der Waals surface area contributed by atoms with E-state index in [2.05, 4.69) is 65.0 Å². The second kappa shape index (κ2) is 34.6. The summed E-state index contributed by atoms with van der Waals surface area (Å²) in [5.74, 6) is -2.71. The van der Waals surface area contributed by atoms with Crippen LogP contribution in [0.1, 0.15) is 105 Å². The number of benzene rings is 7. The molecule has 21 heteroatoms. The fourth-order valence-corrected chi connectivity index (χ4v) is 11.0. The molecule has 0 bridgehead atoms. The van der Waals surface area contributed by atoms with Gasteiger partial charge in [-0.1, -0.05) is 158 Å². The SMILES string of the molecule is CCNC(=O)/N=C(/N)NCCC[C@@H](NC(=O)C(c1ccccc1)c1ccc(NCCCNC(=O)[C@@H](CCCNC(=O)[C@@H](Cc2ccc(-c3ccccc3)cc2)NC(=O)OCC2c3ccccc3-c3ccccc32)NC(=O)OC(C)(C)C)cc1)C(=O)NCc1ccc(O)cc1. The maximum Gasteiger partial charge on any atom is 0.408 e. The lowest BCUT2D eigenvalue weighted by Gasteiger charge is -2.24. The maximum absolute atomic E-state index is 14.5. The van der Waals surface area contributed by atoms with Crippen LogP contribution in [0.25, 0.3) is 22.3 Å². The highest BCUT2D eigenvalue weighted by molar-refractivity contribution is 5.93. The number of nitrogens with two attached hydrogens (primary N) is 1. The average molecular weight is 1280 g/mol. The number of rotatable bonds is 30. The first-order chi connectivity index (χ1) is 45.4. The number of anilines is 1. The fourth-order valence-electron chi connectivity index (χ4n) is 11.0. The standard InChI is InChI=1S/C73H85N11O10/c1-5-75-70(90)84-69(74)79-42-17-27-61(66(87)80-46-49-31-39-55(85)40-32-49)81-68(89)64(52-21-10-7-11-22-52)53-35-37-54(38-36-53)76-43-18-44-78-65(86)62(82-72(92)94-73(2,3)4)28-16-41-77-67(88)63(45-48-29-33-51(34-30-48)50-19-8-6-9-20-50)83-71(91)93-47-60-58-25-14-12-23-56(58)57-24-13-15-26-59(57)60/h6-15,19-26,29-40,60-64,76,85H,5,16-18,27-28,41-47H2,1-4H3,(H,77,88)(H,78,86)(H,80,87)(H,81,89)(H,82,92)(H,83,91)(H4,74,75,79,84,90)/t61-,62-,63-,64?/m1/s1. The third-order valence-electron chi connectivity index (χ3n) is 15.6. The minimum Gasteiger partial charge on any atom is -0.508 e. The van der Waals surface area contributed by atoms with Crippen LogP contribution in [-0.4, -0.2) is 116 Å². The number of aliphatic imine (C=N–C) groups is 1. The van der Waals surface area contributed by atoms with Gasteiger partial charge < -0.3 is 68.2 Å². The van der Waals surface area contributed by atoms with Crippen molar-refractivity contribution in [2.24, 2.45) is 10.7 Å². The highest BCUT2D eigenvalue weighted by Gasteiger charge is 2.32. The molecule has 7 aromatic carbocycles. The van der Waals surface area contributed by atoms with Crippen LogP contribution in [0.4, 0.5) is 20.1 Å². The second-order valence-corrected chi connectivity index (χ2v) is 23.8. The minimum atomic E-state index is -1.02. The van der Waals surface area contributed by atoms with Crippen LogP contribution in [0.15, 0.2) is 187 Å². The molecule has 0 spiro atoms. The zero-order chi connectivity index (χ0) is 66.8. The van der Waals surface area contributed by atoms with Crippen LogP contribution in [-0.2, 0) is 41.6 Å². The van der Waals surface area contributed by atoms with E-state index in [4.69, 9.17) is 15.2 Å². The van der Waals surface area contributed by atoms with Gasteiger partial charge in [-0.15, -0.1) is 0 Å². The number of hydrogen-bond acceptors (Lipinski definition) is 11. The molecule has 8 amide bonds. The molecule has 0 aliphatic heterocycles. The molecule has 0 aromatic heterocycles. The van der Waals surface area contributed by atoms with E-state index in [1.807, 2.05) is 146 Å². The van der Waals surface area contributed by atoms with Crippen LogP contribution in [0.3, 0.4) is 0 Å². The lowest BCUT2D eigenvalue weighted by atomic mass is 9.90. The molecule has 0 heterocycles. The Balaban J connectivity index is 0.851. The Morgan fingerprint density at radius 2 is 1.04 bits per heavy atom. The van der Waals surface area contributed by atoms with E-state index in [-0.39, 0.29) is 76.1 Å². The minimum absolute atomic E-state index is 0.0662. The van der Waals surface area contributed by atoms with Crippen LogP contribution < -0.4 is 53.6 Å². The van der Waals surface area contributed by atoms with E-state index in [1.165, 1.54) is 12.1 Å². The number of fused-ring (bicyclic) bond motifs is 3. The van der Waals surface area contributed by atoms with Crippen molar-refractivity contribution in [1.82, 2.24) is 42.5 Å². The molecule has 94 heavy (non-hydrogen) atoms.